The Kier molecular flexibility index (Phi) is 33.4. The first kappa shape index (κ1) is 54.0. The molecular weight excluding hydrogens is 703 g/mol. The maximum atomic E-state index is 11.6. The monoisotopic (exact) mass is 777 g/mol. The standard InChI is InChI=1S/C18H26O6.C9H18Ge.C9H18Si.C5H11N/c1-8-18(9-22-15(19)12(2)3,10-23-16(20)13(4)5)11-24-17(21)14(6)7;2*1-5-9-10(6-2,7-3)8-4;1-4-5(2)6-3/h2,4,6,8-11H2,1,3,5,7H3;2*6-8H2,1-4H3;4H2,1-3H3. The molecule has 0 spiro atoms. The summed E-state index contributed by atoms with van der Waals surface area (Å²) in [4.78, 5) is 38.8. The van der Waals surface area contributed by atoms with Gasteiger partial charge < -0.3 is 14.2 Å². The summed E-state index contributed by atoms with van der Waals surface area (Å²) in [6.07, 6.45) is 1.53. The smallest absolute Gasteiger partial charge is 0.0276 e. The predicted octanol–water partition coefficient (Wildman–Crippen LogP) is 10.3. The average Bonchev–Trinajstić information content (AvgIpc) is 3.12. The third-order valence-electron chi connectivity index (χ3n) is 9.06. The van der Waals surface area contributed by atoms with E-state index >= 15 is 0 Å². The molecule has 0 aliphatic carbocycles. The summed E-state index contributed by atoms with van der Waals surface area (Å²) in [6, 6.07) is 3.96. The molecule has 0 unspecified atom stereocenters. The van der Waals surface area contributed by atoms with Crippen molar-refractivity contribution in [2.75, 3.05) is 26.9 Å². The van der Waals surface area contributed by atoms with Crippen molar-refractivity contribution in [3.05, 3.63) is 36.5 Å². The Balaban J connectivity index is -0.000000333. The van der Waals surface area contributed by atoms with E-state index in [2.05, 4.69) is 95.3 Å². The molecular formula is C41H73GeNO6Si. The number of nitrogens with zero attached hydrogens (tertiary/aromatic N) is 1. The van der Waals surface area contributed by atoms with E-state index in [1.54, 1.807) is 0 Å². The summed E-state index contributed by atoms with van der Waals surface area (Å²) in [5.41, 5.74) is 4.54. The molecule has 0 amide bonds. The van der Waals surface area contributed by atoms with Crippen LogP contribution in [0.4, 0.5) is 0 Å². The fourth-order valence-electron chi connectivity index (χ4n) is 4.18. The van der Waals surface area contributed by atoms with Gasteiger partial charge in [0, 0.05) is 29.5 Å². The molecule has 0 aromatic heterocycles. The first-order valence-electron chi connectivity index (χ1n) is 18.1. The van der Waals surface area contributed by atoms with E-state index in [1.807, 2.05) is 34.7 Å². The summed E-state index contributed by atoms with van der Waals surface area (Å²) >= 11 is -1.57. The van der Waals surface area contributed by atoms with Crippen molar-refractivity contribution in [2.45, 2.75) is 144 Å². The van der Waals surface area contributed by atoms with Crippen LogP contribution in [0.5, 0.6) is 0 Å². The molecule has 50 heavy (non-hydrogen) atoms. The zero-order valence-electron chi connectivity index (χ0n) is 34.8. The number of aliphatic imine (C=N–C) groups is 1. The van der Waals surface area contributed by atoms with Crippen LogP contribution in [0, 0.1) is 27.6 Å². The number of esters is 3. The Hall–Kier alpha value is -2.82. The van der Waals surface area contributed by atoms with Crippen LogP contribution in [-0.4, -0.2) is 71.8 Å². The predicted molar refractivity (Wildman–Crippen MR) is 221 cm³/mol. The molecule has 0 aromatic rings. The van der Waals surface area contributed by atoms with Crippen molar-refractivity contribution in [3.63, 3.8) is 0 Å². The maximum Gasteiger partial charge on any atom is 0.0276 e. The second-order valence-electron chi connectivity index (χ2n) is 12.7. The molecule has 0 aliphatic heterocycles. The van der Waals surface area contributed by atoms with Gasteiger partial charge in [-0.2, -0.15) is 0 Å². The van der Waals surface area contributed by atoms with Gasteiger partial charge in [0.05, 0.1) is 5.41 Å². The average molecular weight is 777 g/mol. The summed E-state index contributed by atoms with van der Waals surface area (Å²) in [6.45, 7) is 38.5. The van der Waals surface area contributed by atoms with Crippen LogP contribution < -0.4 is 0 Å². The molecule has 9 heteroatoms. The van der Waals surface area contributed by atoms with Gasteiger partial charge in [0.15, 0.2) is 0 Å². The summed E-state index contributed by atoms with van der Waals surface area (Å²) in [7, 11) is 0.740. The van der Waals surface area contributed by atoms with Crippen molar-refractivity contribution in [2.24, 2.45) is 10.4 Å². The van der Waals surface area contributed by atoms with Crippen LogP contribution in [0.25, 0.3) is 0 Å². The number of ether oxygens (including phenoxy) is 3. The molecule has 0 saturated heterocycles. The van der Waals surface area contributed by atoms with Gasteiger partial charge in [-0.15, -0.1) is 11.5 Å². The Morgan fingerprint density at radius 1 is 0.660 bits per heavy atom. The second kappa shape index (κ2) is 31.0. The van der Waals surface area contributed by atoms with Crippen molar-refractivity contribution in [3.8, 4) is 22.1 Å². The normalized spacial score (nSPS) is 10.7. The van der Waals surface area contributed by atoms with E-state index in [-0.39, 0.29) is 36.5 Å². The molecule has 0 aliphatic rings. The van der Waals surface area contributed by atoms with Gasteiger partial charge in [-0.3, -0.25) is 4.99 Å². The fraction of sp³-hybridized carbons (Fsp3) is 0.659. The van der Waals surface area contributed by atoms with Gasteiger partial charge in [-0.1, -0.05) is 54.4 Å². The SMILES string of the molecule is C=C(C)C(=O)OCC(CC)(COC(=O)C(=C)C)COC(=O)C(=C)C.CC#C[Si](CC)(CC)CC.CC#[C][Ge]([CH2]C)([CH2]C)[CH2]C.CCC(C)=NC. The third-order valence-corrected chi connectivity index (χ3v) is 24.1. The minimum atomic E-state index is -1.57. The zero-order valence-corrected chi connectivity index (χ0v) is 37.9. The van der Waals surface area contributed by atoms with E-state index < -0.39 is 44.7 Å². The quantitative estimate of drug-likeness (QED) is 0.0365. The number of rotatable bonds is 17. The molecule has 286 valence electrons. The summed E-state index contributed by atoms with van der Waals surface area (Å²) < 4.78 is 19.0. The van der Waals surface area contributed by atoms with Crippen molar-refractivity contribution >= 4 is 45.0 Å². The first-order valence-corrected chi connectivity index (χ1v) is 26.2. The Morgan fingerprint density at radius 2 is 1.00 bits per heavy atom. The van der Waals surface area contributed by atoms with Crippen LogP contribution >= 0.6 is 0 Å². The Labute approximate surface area is 311 Å². The number of carbonyl (C=O) groups excluding carboxylic acids is 3. The van der Waals surface area contributed by atoms with Crippen LogP contribution in [0.1, 0.15) is 110 Å². The Bertz CT molecular complexity index is 1080. The molecule has 0 atom stereocenters. The molecule has 0 bridgehead atoms. The minimum Gasteiger partial charge on any atom is -0.298 e. The summed E-state index contributed by atoms with van der Waals surface area (Å²) in [5, 5.41) is 4.11. The van der Waals surface area contributed by atoms with Crippen LogP contribution in [-0.2, 0) is 28.6 Å². The first-order chi connectivity index (χ1) is 23.3. The third kappa shape index (κ3) is 24.3. The van der Waals surface area contributed by atoms with E-state index in [1.165, 1.54) is 60.4 Å². The van der Waals surface area contributed by atoms with Gasteiger partial charge in [0.25, 0.3) is 0 Å². The van der Waals surface area contributed by atoms with E-state index in [4.69, 9.17) is 14.2 Å². The molecule has 0 heterocycles. The van der Waals surface area contributed by atoms with Gasteiger partial charge in [0.2, 0.25) is 0 Å². The second-order valence-corrected chi connectivity index (χ2v) is 27.9. The van der Waals surface area contributed by atoms with E-state index in [9.17, 15) is 14.4 Å². The van der Waals surface area contributed by atoms with Gasteiger partial charge in [-0.25, -0.2) is 14.4 Å². The maximum absolute atomic E-state index is 11.6. The van der Waals surface area contributed by atoms with Crippen molar-refractivity contribution in [1.29, 1.82) is 0 Å². The van der Waals surface area contributed by atoms with Gasteiger partial charge in [-0.05, 0) is 65.6 Å². The number of hydrogen-bond donors (Lipinski definition) is 0. The van der Waals surface area contributed by atoms with Gasteiger partial charge in [0.1, 0.15) is 27.9 Å². The minimum absolute atomic E-state index is 0.0812. The summed E-state index contributed by atoms with van der Waals surface area (Å²) in [5.74, 6) is 4.47. The van der Waals surface area contributed by atoms with E-state index in [0.717, 1.165) is 6.42 Å². The van der Waals surface area contributed by atoms with Gasteiger partial charge >= 0.3 is 85.3 Å². The largest absolute Gasteiger partial charge is 0.298 e. The van der Waals surface area contributed by atoms with Crippen molar-refractivity contribution < 1.29 is 28.6 Å². The zero-order chi connectivity index (χ0) is 40.0. The molecule has 0 fully saturated rings. The molecule has 0 radical (unpaired) electrons. The van der Waals surface area contributed by atoms with Crippen LogP contribution in [0.2, 0.25) is 33.9 Å². The molecule has 0 rings (SSSR count). The number of hydrogen-bond acceptors (Lipinski definition) is 7. The molecule has 0 N–H and O–H groups in total. The van der Waals surface area contributed by atoms with Crippen LogP contribution in [0.3, 0.4) is 0 Å². The fourth-order valence-corrected chi connectivity index (χ4v) is 12.1. The van der Waals surface area contributed by atoms with Crippen molar-refractivity contribution in [1.82, 2.24) is 0 Å². The Morgan fingerprint density at radius 3 is 1.12 bits per heavy atom. The number of carbonyl (C=O) groups is 3. The topological polar surface area (TPSA) is 91.3 Å². The molecule has 7 nitrogen and oxygen atoms in total. The van der Waals surface area contributed by atoms with Crippen LogP contribution in [0.15, 0.2) is 41.4 Å². The molecule has 0 aromatic carbocycles. The van der Waals surface area contributed by atoms with E-state index in [0.29, 0.717) is 6.42 Å². The molecule has 0 saturated carbocycles.